The Morgan fingerprint density at radius 3 is 2.53 bits per heavy atom. The van der Waals surface area contributed by atoms with Gasteiger partial charge in [-0.05, 0) is 28.1 Å². The largest absolute Gasteiger partial charge is 0.480 e. The maximum absolute atomic E-state index is 11.9. The van der Waals surface area contributed by atoms with E-state index in [9.17, 15) is 18.0 Å². The van der Waals surface area contributed by atoms with Crippen LogP contribution < -0.4 is 5.32 Å². The van der Waals surface area contributed by atoms with E-state index in [2.05, 4.69) is 21.2 Å². The van der Waals surface area contributed by atoms with Gasteiger partial charge in [0.1, 0.15) is 6.04 Å². The first-order valence-corrected chi connectivity index (χ1v) is 8.57. The number of carbonyl (C=O) groups is 2. The number of hydrogen-bond acceptors (Lipinski definition) is 5. The molecule has 0 spiro atoms. The van der Waals surface area contributed by atoms with Gasteiger partial charge in [0, 0.05) is 11.8 Å². The van der Waals surface area contributed by atoms with Crippen LogP contribution in [-0.2, 0) is 25.2 Å². The number of carboxylic acid groups (broad SMARTS) is 1. The summed E-state index contributed by atoms with van der Waals surface area (Å²) in [6.07, 6.45) is 0. The number of aliphatic carboxylic acids is 1. The van der Waals surface area contributed by atoms with Gasteiger partial charge in [-0.15, -0.1) is 11.3 Å². The summed E-state index contributed by atoms with van der Waals surface area (Å²) in [6.45, 7) is 1.14. The predicted molar refractivity (Wildman–Crippen MR) is 74.8 cm³/mol. The summed E-state index contributed by atoms with van der Waals surface area (Å²) in [7, 11) is -3.62. The van der Waals surface area contributed by atoms with E-state index >= 15 is 0 Å². The second-order valence-corrected chi connectivity index (χ2v) is 8.51. The lowest BCUT2D eigenvalue weighted by Gasteiger charge is -2.13. The Bertz CT molecular complexity index is 580. The van der Waals surface area contributed by atoms with Crippen LogP contribution in [0.5, 0.6) is 0 Å². The summed E-state index contributed by atoms with van der Waals surface area (Å²) in [4.78, 5) is 22.3. The van der Waals surface area contributed by atoms with Crippen molar-refractivity contribution in [2.45, 2.75) is 18.7 Å². The summed E-state index contributed by atoms with van der Waals surface area (Å²) >= 11 is 4.49. The first-order valence-electron chi connectivity index (χ1n) is 5.14. The van der Waals surface area contributed by atoms with Gasteiger partial charge in [-0.2, -0.15) is 0 Å². The monoisotopic (exact) mass is 369 g/mol. The molecule has 0 unspecified atom stereocenters. The Morgan fingerprint density at radius 1 is 1.47 bits per heavy atom. The van der Waals surface area contributed by atoms with E-state index in [4.69, 9.17) is 5.11 Å². The summed E-state index contributed by atoms with van der Waals surface area (Å²) in [6, 6.07) is 1.95. The number of carbonyl (C=O) groups excluding carboxylic acids is 1. The molecule has 19 heavy (non-hydrogen) atoms. The van der Waals surface area contributed by atoms with E-state index in [-0.39, 0.29) is 5.75 Å². The van der Waals surface area contributed by atoms with Gasteiger partial charge in [0.05, 0.1) is 15.3 Å². The Labute approximate surface area is 122 Å². The fourth-order valence-electron chi connectivity index (χ4n) is 1.38. The SMILES string of the molecule is CC(=O)N[C@@H](CS(=O)(=O)Cc1ccc(Br)s1)C(=O)O. The molecular weight excluding hydrogens is 358 g/mol. The molecule has 106 valence electrons. The zero-order chi connectivity index (χ0) is 14.6. The van der Waals surface area contributed by atoms with Crippen molar-refractivity contribution in [3.8, 4) is 0 Å². The minimum absolute atomic E-state index is 0.243. The Hall–Kier alpha value is -0.930. The van der Waals surface area contributed by atoms with Crippen LogP contribution in [0.1, 0.15) is 11.8 Å². The van der Waals surface area contributed by atoms with E-state index in [1.807, 2.05) is 0 Å². The highest BCUT2D eigenvalue weighted by molar-refractivity contribution is 9.11. The molecule has 1 rings (SSSR count). The minimum Gasteiger partial charge on any atom is -0.480 e. The van der Waals surface area contributed by atoms with E-state index in [0.29, 0.717) is 4.88 Å². The summed E-state index contributed by atoms with van der Waals surface area (Å²) in [5, 5.41) is 11.0. The summed E-state index contributed by atoms with van der Waals surface area (Å²) in [5.41, 5.74) is 0. The molecule has 0 bridgehead atoms. The first kappa shape index (κ1) is 16.1. The average Bonchev–Trinajstić information content (AvgIpc) is 2.60. The third-order valence-corrected chi connectivity index (χ3v) is 5.49. The Balaban J connectivity index is 2.76. The van der Waals surface area contributed by atoms with Crippen molar-refractivity contribution in [3.63, 3.8) is 0 Å². The third-order valence-electron chi connectivity index (χ3n) is 2.09. The summed E-state index contributed by atoms with van der Waals surface area (Å²) < 4.78 is 24.6. The van der Waals surface area contributed by atoms with Crippen molar-refractivity contribution >= 4 is 49.0 Å². The lowest BCUT2D eigenvalue weighted by Crippen LogP contribution is -2.44. The van der Waals surface area contributed by atoms with E-state index in [1.54, 1.807) is 12.1 Å². The van der Waals surface area contributed by atoms with Crippen molar-refractivity contribution in [2.24, 2.45) is 0 Å². The van der Waals surface area contributed by atoms with Crippen LogP contribution in [0.4, 0.5) is 0 Å². The molecule has 1 aromatic rings. The Morgan fingerprint density at radius 2 is 2.11 bits per heavy atom. The lowest BCUT2D eigenvalue weighted by molar-refractivity contribution is -0.140. The molecule has 1 amide bonds. The number of halogens is 1. The minimum atomic E-state index is -3.62. The molecule has 0 aromatic carbocycles. The molecule has 9 heteroatoms. The van der Waals surface area contributed by atoms with Crippen LogP contribution in [-0.4, -0.2) is 37.2 Å². The van der Waals surface area contributed by atoms with Crippen molar-refractivity contribution in [1.82, 2.24) is 5.32 Å². The number of nitrogens with one attached hydrogen (secondary N) is 1. The second kappa shape index (κ2) is 6.49. The maximum atomic E-state index is 11.9. The predicted octanol–water partition coefficient (Wildman–Crippen LogP) is 1.01. The fraction of sp³-hybridized carbons (Fsp3) is 0.400. The van der Waals surface area contributed by atoms with Crippen molar-refractivity contribution in [2.75, 3.05) is 5.75 Å². The Kier molecular flexibility index (Phi) is 5.50. The van der Waals surface area contributed by atoms with Gasteiger partial charge in [-0.25, -0.2) is 13.2 Å². The van der Waals surface area contributed by atoms with Crippen molar-refractivity contribution in [3.05, 3.63) is 20.8 Å². The van der Waals surface area contributed by atoms with Gasteiger partial charge in [-0.3, -0.25) is 4.79 Å². The number of amides is 1. The molecule has 2 N–H and O–H groups in total. The molecule has 0 fully saturated rings. The summed E-state index contributed by atoms with van der Waals surface area (Å²) in [5.74, 6) is -2.82. The van der Waals surface area contributed by atoms with E-state index in [1.165, 1.54) is 11.3 Å². The van der Waals surface area contributed by atoms with Gasteiger partial charge in [0.2, 0.25) is 5.91 Å². The second-order valence-electron chi connectivity index (χ2n) is 3.85. The highest BCUT2D eigenvalue weighted by atomic mass is 79.9. The van der Waals surface area contributed by atoms with Gasteiger partial charge < -0.3 is 10.4 Å². The topological polar surface area (TPSA) is 101 Å². The van der Waals surface area contributed by atoms with Gasteiger partial charge in [0.15, 0.2) is 9.84 Å². The van der Waals surface area contributed by atoms with E-state index in [0.717, 1.165) is 10.7 Å². The van der Waals surface area contributed by atoms with Crippen LogP contribution in [0.15, 0.2) is 15.9 Å². The number of hydrogen-bond donors (Lipinski definition) is 2. The quantitative estimate of drug-likeness (QED) is 0.779. The molecule has 0 saturated heterocycles. The highest BCUT2D eigenvalue weighted by Gasteiger charge is 2.26. The maximum Gasteiger partial charge on any atom is 0.327 e. The van der Waals surface area contributed by atoms with Crippen molar-refractivity contribution < 1.29 is 23.1 Å². The number of carboxylic acids is 1. The van der Waals surface area contributed by atoms with Crippen LogP contribution >= 0.6 is 27.3 Å². The third kappa shape index (κ3) is 5.70. The molecule has 1 aromatic heterocycles. The van der Waals surface area contributed by atoms with Gasteiger partial charge in [-0.1, -0.05) is 0 Å². The molecule has 0 aliphatic rings. The zero-order valence-corrected chi connectivity index (χ0v) is 13.1. The number of thiophene rings is 1. The van der Waals surface area contributed by atoms with E-state index < -0.39 is 33.5 Å². The molecular formula is C10H12BrNO5S2. The van der Waals surface area contributed by atoms with Gasteiger partial charge in [0.25, 0.3) is 0 Å². The fourth-order valence-corrected chi connectivity index (χ4v) is 4.81. The van der Waals surface area contributed by atoms with Crippen LogP contribution in [0, 0.1) is 0 Å². The molecule has 0 saturated carbocycles. The molecule has 0 aliphatic carbocycles. The average molecular weight is 370 g/mol. The number of rotatable bonds is 6. The molecule has 0 radical (unpaired) electrons. The standard InChI is InChI=1S/C10H12BrNO5S2/c1-6(13)12-8(10(14)15)5-19(16,17)4-7-2-3-9(11)18-7/h2-3,8H,4-5H2,1H3,(H,12,13)(H,14,15)/t8-/m0/s1. The van der Waals surface area contributed by atoms with Crippen LogP contribution in [0.25, 0.3) is 0 Å². The first-order chi connectivity index (χ1) is 8.69. The van der Waals surface area contributed by atoms with Gasteiger partial charge >= 0.3 is 5.97 Å². The normalized spacial score (nSPS) is 12.9. The molecule has 0 aliphatic heterocycles. The molecule has 1 atom stereocenters. The molecule has 6 nitrogen and oxygen atoms in total. The van der Waals surface area contributed by atoms with Crippen molar-refractivity contribution in [1.29, 1.82) is 0 Å². The number of sulfone groups is 1. The molecule has 1 heterocycles. The smallest absolute Gasteiger partial charge is 0.327 e. The van der Waals surface area contributed by atoms with Crippen LogP contribution in [0.2, 0.25) is 0 Å². The van der Waals surface area contributed by atoms with Crippen LogP contribution in [0.3, 0.4) is 0 Å². The highest BCUT2D eigenvalue weighted by Crippen LogP contribution is 2.24. The zero-order valence-electron chi connectivity index (χ0n) is 9.92. The lowest BCUT2D eigenvalue weighted by atomic mass is 10.3.